The third-order valence-electron chi connectivity index (χ3n) is 7.53. The van der Waals surface area contributed by atoms with Gasteiger partial charge in [0.2, 0.25) is 5.91 Å². The van der Waals surface area contributed by atoms with Crippen molar-refractivity contribution in [3.05, 3.63) is 74.6 Å². The third kappa shape index (κ3) is 6.24. The van der Waals surface area contributed by atoms with Crippen LogP contribution < -0.4 is 10.9 Å². The highest BCUT2D eigenvalue weighted by Gasteiger charge is 2.28. The Kier molecular flexibility index (Phi) is 8.38. The number of carbonyl (C=O) groups excluding carboxylic acids is 1. The molecule has 0 radical (unpaired) electrons. The van der Waals surface area contributed by atoms with Crippen molar-refractivity contribution in [3.63, 3.8) is 0 Å². The van der Waals surface area contributed by atoms with Gasteiger partial charge in [-0.25, -0.2) is 4.98 Å². The van der Waals surface area contributed by atoms with Gasteiger partial charge in [-0.1, -0.05) is 36.0 Å². The molecule has 200 valence electrons. The van der Waals surface area contributed by atoms with Crippen molar-refractivity contribution >= 4 is 34.3 Å². The molecule has 1 aliphatic carbocycles. The number of nitro benzene ring substituents is 1. The van der Waals surface area contributed by atoms with E-state index in [1.807, 2.05) is 18.2 Å². The number of ether oxygens (including phenoxy) is 1. The molecule has 1 atom stereocenters. The molecule has 1 saturated heterocycles. The fourth-order valence-corrected chi connectivity index (χ4v) is 6.27. The Balaban J connectivity index is 1.25. The molecule has 2 aromatic carbocycles. The Morgan fingerprint density at radius 1 is 1.11 bits per heavy atom. The number of non-ortho nitro benzene ring substituents is 1. The molecule has 10 heteroatoms. The standard InChI is InChI=1S/C28H32N4O5S/c33-26(29-16-23-4-3-15-37-23)21-11-7-19(8-12-21)17-31-27(34)24-5-1-2-6-25(24)30-28(31)38-18-20-9-13-22(14-10-20)32(35)36/h1-2,5-6,9-10,13-14,19,21,23H,3-4,7-8,11-12,15-18H2,(H,29,33)/t19?,21?,23-/m1/s1. The Morgan fingerprint density at radius 2 is 1.87 bits per heavy atom. The second-order valence-corrected chi connectivity index (χ2v) is 11.1. The van der Waals surface area contributed by atoms with E-state index >= 15 is 0 Å². The van der Waals surface area contributed by atoms with Crippen molar-refractivity contribution in [2.75, 3.05) is 13.2 Å². The number of fused-ring (bicyclic) bond motifs is 1. The third-order valence-corrected chi connectivity index (χ3v) is 8.58. The van der Waals surface area contributed by atoms with Crippen LogP contribution in [0.15, 0.2) is 58.5 Å². The van der Waals surface area contributed by atoms with Crippen LogP contribution in [0.4, 0.5) is 5.69 Å². The summed E-state index contributed by atoms with van der Waals surface area (Å²) in [5, 5.41) is 15.3. The molecule has 9 nitrogen and oxygen atoms in total. The van der Waals surface area contributed by atoms with Crippen LogP contribution in [0.5, 0.6) is 0 Å². The fraction of sp³-hybridized carbons (Fsp3) is 0.464. The maximum absolute atomic E-state index is 13.5. The number of hydrogen-bond donors (Lipinski definition) is 1. The number of hydrogen-bond acceptors (Lipinski definition) is 7. The summed E-state index contributed by atoms with van der Waals surface area (Å²) in [5.41, 5.74) is 1.57. The highest BCUT2D eigenvalue weighted by atomic mass is 32.2. The summed E-state index contributed by atoms with van der Waals surface area (Å²) in [6.45, 7) is 1.93. The summed E-state index contributed by atoms with van der Waals surface area (Å²) in [6, 6.07) is 13.8. The van der Waals surface area contributed by atoms with E-state index in [-0.39, 0.29) is 35.1 Å². The van der Waals surface area contributed by atoms with E-state index in [2.05, 4.69) is 5.32 Å². The van der Waals surface area contributed by atoms with Gasteiger partial charge in [-0.05, 0) is 62.1 Å². The molecule has 1 saturated carbocycles. The van der Waals surface area contributed by atoms with E-state index in [0.717, 1.165) is 50.7 Å². The zero-order valence-corrected chi connectivity index (χ0v) is 22.0. The lowest BCUT2D eigenvalue weighted by molar-refractivity contribution is -0.384. The van der Waals surface area contributed by atoms with Crippen LogP contribution >= 0.6 is 11.8 Å². The van der Waals surface area contributed by atoms with Crippen molar-refractivity contribution in [1.82, 2.24) is 14.9 Å². The summed E-state index contributed by atoms with van der Waals surface area (Å²) >= 11 is 1.46. The van der Waals surface area contributed by atoms with E-state index < -0.39 is 4.92 Å². The van der Waals surface area contributed by atoms with Crippen molar-refractivity contribution in [3.8, 4) is 0 Å². The molecule has 2 fully saturated rings. The van der Waals surface area contributed by atoms with Crippen molar-refractivity contribution < 1.29 is 14.5 Å². The molecular weight excluding hydrogens is 504 g/mol. The number of nitrogens with zero attached hydrogens (tertiary/aromatic N) is 3. The van der Waals surface area contributed by atoms with Gasteiger partial charge in [0.15, 0.2) is 5.16 Å². The Bertz CT molecular complexity index is 1350. The van der Waals surface area contributed by atoms with Gasteiger partial charge in [-0.3, -0.25) is 24.3 Å². The Hall–Kier alpha value is -3.24. The Labute approximate surface area is 225 Å². The summed E-state index contributed by atoms with van der Waals surface area (Å²) in [6.07, 6.45) is 5.58. The smallest absolute Gasteiger partial charge is 0.269 e. The zero-order chi connectivity index (χ0) is 26.5. The molecule has 0 unspecified atom stereocenters. The highest BCUT2D eigenvalue weighted by Crippen LogP contribution is 2.31. The lowest BCUT2D eigenvalue weighted by atomic mass is 9.81. The molecule has 0 spiro atoms. The SMILES string of the molecule is O=C(NC[C@H]1CCCO1)C1CCC(Cn2c(SCc3ccc([N+](=O)[O-])cc3)nc3ccccc3c2=O)CC1. The van der Waals surface area contributed by atoms with Crippen molar-refractivity contribution in [1.29, 1.82) is 0 Å². The first-order valence-corrected chi connectivity index (χ1v) is 14.2. The number of aromatic nitrogens is 2. The lowest BCUT2D eigenvalue weighted by Crippen LogP contribution is -2.38. The van der Waals surface area contributed by atoms with E-state index in [0.29, 0.717) is 34.9 Å². The van der Waals surface area contributed by atoms with Gasteiger partial charge < -0.3 is 10.1 Å². The van der Waals surface area contributed by atoms with E-state index in [1.165, 1.54) is 23.9 Å². The quantitative estimate of drug-likeness (QED) is 0.182. The molecule has 1 aromatic heterocycles. The van der Waals surface area contributed by atoms with Crippen molar-refractivity contribution in [2.45, 2.75) is 62.1 Å². The summed E-state index contributed by atoms with van der Waals surface area (Å²) in [4.78, 5) is 41.5. The molecule has 1 aliphatic heterocycles. The number of thioether (sulfide) groups is 1. The summed E-state index contributed by atoms with van der Waals surface area (Å²) < 4.78 is 7.39. The largest absolute Gasteiger partial charge is 0.376 e. The van der Waals surface area contributed by atoms with Crippen LogP contribution in [0.25, 0.3) is 10.9 Å². The molecule has 2 heterocycles. The summed E-state index contributed by atoms with van der Waals surface area (Å²) in [5.74, 6) is 0.954. The number of benzene rings is 2. The van der Waals surface area contributed by atoms with Crippen LogP contribution in [0, 0.1) is 22.0 Å². The van der Waals surface area contributed by atoms with Crippen LogP contribution in [0.2, 0.25) is 0 Å². The van der Waals surface area contributed by atoms with Gasteiger partial charge in [-0.2, -0.15) is 0 Å². The van der Waals surface area contributed by atoms with E-state index in [1.54, 1.807) is 22.8 Å². The predicted molar refractivity (Wildman–Crippen MR) is 146 cm³/mol. The van der Waals surface area contributed by atoms with Gasteiger partial charge in [0.05, 0.1) is 21.9 Å². The normalized spacial score (nSPS) is 21.4. The van der Waals surface area contributed by atoms with Gasteiger partial charge in [0.25, 0.3) is 11.2 Å². The zero-order valence-electron chi connectivity index (χ0n) is 21.2. The highest BCUT2D eigenvalue weighted by molar-refractivity contribution is 7.98. The topological polar surface area (TPSA) is 116 Å². The molecule has 5 rings (SSSR count). The number of rotatable bonds is 9. The number of carbonyl (C=O) groups is 1. The number of nitrogens with one attached hydrogen (secondary N) is 1. The predicted octanol–water partition coefficient (Wildman–Crippen LogP) is 4.70. The van der Waals surface area contributed by atoms with Crippen molar-refractivity contribution in [2.24, 2.45) is 11.8 Å². The maximum atomic E-state index is 13.5. The minimum absolute atomic E-state index is 0.00934. The van der Waals surface area contributed by atoms with Gasteiger partial charge in [0, 0.05) is 43.5 Å². The molecule has 2 aliphatic rings. The molecule has 3 aromatic rings. The first kappa shape index (κ1) is 26.4. The maximum Gasteiger partial charge on any atom is 0.269 e. The summed E-state index contributed by atoms with van der Waals surface area (Å²) in [7, 11) is 0. The molecule has 38 heavy (non-hydrogen) atoms. The first-order valence-electron chi connectivity index (χ1n) is 13.2. The molecule has 0 bridgehead atoms. The average molecular weight is 537 g/mol. The van der Waals surface area contributed by atoms with Crippen LogP contribution in [0.3, 0.4) is 0 Å². The second kappa shape index (κ2) is 12.1. The minimum Gasteiger partial charge on any atom is -0.376 e. The van der Waals surface area contributed by atoms with Crippen LogP contribution in [0.1, 0.15) is 44.1 Å². The average Bonchev–Trinajstić information content (AvgIpc) is 3.47. The van der Waals surface area contributed by atoms with Gasteiger partial charge in [-0.15, -0.1) is 0 Å². The second-order valence-electron chi connectivity index (χ2n) is 10.1. The lowest BCUT2D eigenvalue weighted by Gasteiger charge is -2.29. The molecule has 1 N–H and O–H groups in total. The van der Waals surface area contributed by atoms with Gasteiger partial charge >= 0.3 is 0 Å². The first-order chi connectivity index (χ1) is 18.5. The minimum atomic E-state index is -0.415. The number of nitro groups is 1. The molecule has 1 amide bonds. The monoisotopic (exact) mass is 536 g/mol. The molecular formula is C28H32N4O5S. The van der Waals surface area contributed by atoms with Crippen LogP contribution in [-0.4, -0.2) is 39.6 Å². The number of amides is 1. The fourth-order valence-electron chi connectivity index (χ4n) is 5.31. The number of para-hydroxylation sites is 1. The van der Waals surface area contributed by atoms with E-state index in [9.17, 15) is 19.7 Å². The van der Waals surface area contributed by atoms with E-state index in [4.69, 9.17) is 9.72 Å². The Morgan fingerprint density at radius 3 is 2.58 bits per heavy atom. The van der Waals surface area contributed by atoms with Crippen LogP contribution in [-0.2, 0) is 21.8 Å². The van der Waals surface area contributed by atoms with Gasteiger partial charge in [0.1, 0.15) is 0 Å².